The van der Waals surface area contributed by atoms with Crippen LogP contribution in [0.3, 0.4) is 0 Å². The number of rotatable bonds is 2. The zero-order valence-electron chi connectivity index (χ0n) is 5.69. The van der Waals surface area contributed by atoms with E-state index >= 15 is 0 Å². The van der Waals surface area contributed by atoms with E-state index in [1.807, 2.05) is 23.5 Å². The molecule has 0 aromatic heterocycles. The Hall–Kier alpha value is 1.40. The molecular formula is C8H20S4. The number of hydrogen-bond acceptors (Lipinski definition) is 4. The maximum Gasteiger partial charge on any atom is 0.0226 e. The van der Waals surface area contributed by atoms with Crippen molar-refractivity contribution in [3.63, 3.8) is 0 Å². The Morgan fingerprint density at radius 3 is 1.42 bits per heavy atom. The molecular weight excluding hydrogens is 224 g/mol. The summed E-state index contributed by atoms with van der Waals surface area (Å²) in [6.07, 6.45) is 0. The van der Waals surface area contributed by atoms with E-state index < -0.39 is 0 Å². The van der Waals surface area contributed by atoms with Crippen molar-refractivity contribution < 1.29 is 0 Å². The van der Waals surface area contributed by atoms with Crippen molar-refractivity contribution in [1.82, 2.24) is 0 Å². The first-order chi connectivity index (χ1) is 4.86. The number of thiol groups is 2. The Labute approximate surface area is 96.9 Å². The molecule has 2 atom stereocenters. The van der Waals surface area contributed by atoms with Gasteiger partial charge in [-0.2, -0.15) is 48.8 Å². The van der Waals surface area contributed by atoms with Crippen molar-refractivity contribution in [3.8, 4) is 0 Å². The van der Waals surface area contributed by atoms with Gasteiger partial charge in [0.2, 0.25) is 0 Å². The molecule has 0 aliphatic carbocycles. The second-order valence-corrected chi connectivity index (χ2v) is 5.67. The molecule has 1 aliphatic heterocycles. The molecule has 1 heterocycles. The maximum absolute atomic E-state index is 4.27. The lowest BCUT2D eigenvalue weighted by Gasteiger charge is -2.25. The number of hydrogen-bond donors (Lipinski definition) is 2. The van der Waals surface area contributed by atoms with Crippen LogP contribution in [-0.4, -0.2) is 33.5 Å². The molecule has 0 radical (unpaired) electrons. The fourth-order valence-electron chi connectivity index (χ4n) is 0.794. The van der Waals surface area contributed by atoms with Gasteiger partial charge in [-0.15, -0.1) is 0 Å². The zero-order chi connectivity index (χ0) is 7.40. The molecule has 0 bridgehead atoms. The molecule has 0 nitrogen and oxygen atoms in total. The van der Waals surface area contributed by atoms with Crippen molar-refractivity contribution in [3.05, 3.63) is 0 Å². The van der Waals surface area contributed by atoms with Crippen LogP contribution in [-0.2, 0) is 0 Å². The summed E-state index contributed by atoms with van der Waals surface area (Å²) in [5.41, 5.74) is 0. The third-order valence-electron chi connectivity index (χ3n) is 1.44. The van der Waals surface area contributed by atoms with Gasteiger partial charge in [-0.05, 0) is 0 Å². The lowest BCUT2D eigenvalue weighted by atomic mass is 10.5. The Morgan fingerprint density at radius 1 is 0.917 bits per heavy atom. The van der Waals surface area contributed by atoms with Gasteiger partial charge in [0.1, 0.15) is 0 Å². The van der Waals surface area contributed by atoms with E-state index in [9.17, 15) is 0 Å². The Balaban J connectivity index is 0. The summed E-state index contributed by atoms with van der Waals surface area (Å²) in [5, 5.41) is 1.56. The molecule has 12 heavy (non-hydrogen) atoms. The van der Waals surface area contributed by atoms with Gasteiger partial charge in [0.05, 0.1) is 0 Å². The summed E-state index contributed by atoms with van der Waals surface area (Å²) in [6, 6.07) is 0. The van der Waals surface area contributed by atoms with E-state index in [0.717, 1.165) is 22.0 Å². The van der Waals surface area contributed by atoms with Crippen molar-refractivity contribution in [1.29, 1.82) is 0 Å². The van der Waals surface area contributed by atoms with Crippen LogP contribution in [0.25, 0.3) is 0 Å². The van der Waals surface area contributed by atoms with Crippen molar-refractivity contribution >= 4 is 48.8 Å². The average molecular weight is 245 g/mol. The summed E-state index contributed by atoms with van der Waals surface area (Å²) < 4.78 is 0. The van der Waals surface area contributed by atoms with Crippen LogP contribution in [0.4, 0.5) is 0 Å². The van der Waals surface area contributed by atoms with Crippen LogP contribution < -0.4 is 0 Å². The molecule has 1 aliphatic rings. The third kappa shape index (κ3) is 5.20. The highest BCUT2D eigenvalue weighted by Gasteiger charge is 2.19. The molecule has 0 amide bonds. The Morgan fingerprint density at radius 2 is 1.25 bits per heavy atom. The summed E-state index contributed by atoms with van der Waals surface area (Å²) in [6.45, 7) is 0. The van der Waals surface area contributed by atoms with Gasteiger partial charge in [-0.3, -0.25) is 0 Å². The van der Waals surface area contributed by atoms with Gasteiger partial charge in [-0.25, -0.2) is 0 Å². The van der Waals surface area contributed by atoms with Gasteiger partial charge in [0.15, 0.2) is 0 Å². The molecule has 1 rings (SSSR count). The largest absolute Gasteiger partial charge is 0.178 e. The van der Waals surface area contributed by atoms with Crippen LogP contribution in [0.1, 0.15) is 14.9 Å². The second kappa shape index (κ2) is 8.97. The van der Waals surface area contributed by atoms with Crippen molar-refractivity contribution in [2.45, 2.75) is 25.4 Å². The molecule has 1 fully saturated rings. The predicted molar refractivity (Wildman–Crippen MR) is 73.7 cm³/mol. The quantitative estimate of drug-likeness (QED) is 0.715. The molecule has 0 aromatic carbocycles. The van der Waals surface area contributed by atoms with E-state index in [1.165, 1.54) is 11.5 Å². The molecule has 0 aromatic rings. The van der Waals surface area contributed by atoms with Crippen LogP contribution in [0.2, 0.25) is 0 Å². The summed E-state index contributed by atoms with van der Waals surface area (Å²) in [7, 11) is 0. The topological polar surface area (TPSA) is 0 Å². The van der Waals surface area contributed by atoms with Gasteiger partial charge >= 0.3 is 0 Å². The predicted octanol–water partition coefficient (Wildman–Crippen LogP) is 3.34. The molecule has 0 spiro atoms. The van der Waals surface area contributed by atoms with E-state index in [4.69, 9.17) is 0 Å². The molecule has 0 saturated carbocycles. The summed E-state index contributed by atoms with van der Waals surface area (Å²) in [4.78, 5) is 0. The first-order valence-electron chi connectivity index (χ1n) is 3.31. The summed E-state index contributed by atoms with van der Waals surface area (Å²) in [5.74, 6) is 4.58. The Kier molecular flexibility index (Phi) is 11.9. The van der Waals surface area contributed by atoms with E-state index in [2.05, 4.69) is 25.3 Å². The second-order valence-electron chi connectivity index (χ2n) is 2.28. The van der Waals surface area contributed by atoms with Gasteiger partial charge in [0.25, 0.3) is 0 Å². The molecule has 4 heteroatoms. The maximum atomic E-state index is 4.27. The van der Waals surface area contributed by atoms with E-state index in [0.29, 0.717) is 0 Å². The highest BCUT2D eigenvalue weighted by atomic mass is 32.2. The monoisotopic (exact) mass is 244 g/mol. The SMILES string of the molecule is C.C.SCC1CSC(CS)CS1. The first kappa shape index (κ1) is 15.9. The minimum Gasteiger partial charge on any atom is -0.178 e. The number of thioether (sulfide) groups is 2. The Bertz CT molecular complexity index is 77.1. The average Bonchev–Trinajstić information content (AvgIpc) is 2.05. The van der Waals surface area contributed by atoms with Gasteiger partial charge in [0, 0.05) is 33.5 Å². The minimum absolute atomic E-state index is 0. The first-order valence-corrected chi connectivity index (χ1v) is 6.68. The highest BCUT2D eigenvalue weighted by Crippen LogP contribution is 2.30. The minimum atomic E-state index is 0. The van der Waals surface area contributed by atoms with Crippen LogP contribution >= 0.6 is 48.8 Å². The van der Waals surface area contributed by atoms with Crippen molar-refractivity contribution in [2.75, 3.05) is 23.0 Å². The van der Waals surface area contributed by atoms with Crippen LogP contribution in [0, 0.1) is 0 Å². The molecule has 2 unspecified atom stereocenters. The van der Waals surface area contributed by atoms with Crippen LogP contribution in [0.5, 0.6) is 0 Å². The third-order valence-corrected chi connectivity index (χ3v) is 6.04. The standard InChI is InChI=1S/C6H12S4.2CH4/c7-1-5-3-10-6(2-8)4-9-5;;/h5-8H,1-4H2;2*1H4. The molecule has 1 saturated heterocycles. The summed E-state index contributed by atoms with van der Waals surface area (Å²) >= 11 is 12.6. The van der Waals surface area contributed by atoms with E-state index in [1.54, 1.807) is 0 Å². The zero-order valence-corrected chi connectivity index (χ0v) is 9.12. The lowest BCUT2D eigenvalue weighted by molar-refractivity contribution is 1.06. The highest BCUT2D eigenvalue weighted by molar-refractivity contribution is 8.07. The van der Waals surface area contributed by atoms with Gasteiger partial charge < -0.3 is 0 Å². The normalized spacial score (nSPS) is 28.5. The molecule has 0 N–H and O–H groups in total. The lowest BCUT2D eigenvalue weighted by Crippen LogP contribution is -2.23. The van der Waals surface area contributed by atoms with E-state index in [-0.39, 0.29) is 14.9 Å². The fraction of sp³-hybridized carbons (Fsp3) is 1.00. The fourth-order valence-corrected chi connectivity index (χ4v) is 4.70. The van der Waals surface area contributed by atoms with Gasteiger partial charge in [-0.1, -0.05) is 14.9 Å². The smallest absolute Gasteiger partial charge is 0.0226 e. The van der Waals surface area contributed by atoms with Crippen molar-refractivity contribution in [2.24, 2.45) is 0 Å². The molecule has 76 valence electrons. The van der Waals surface area contributed by atoms with Crippen LogP contribution in [0.15, 0.2) is 0 Å².